The third-order valence-corrected chi connectivity index (χ3v) is 5.78. The van der Waals surface area contributed by atoms with E-state index in [0.717, 1.165) is 11.3 Å². The van der Waals surface area contributed by atoms with Crippen LogP contribution in [-0.4, -0.2) is 27.5 Å². The molecule has 2 unspecified atom stereocenters. The highest BCUT2D eigenvalue weighted by Gasteiger charge is 2.19. The van der Waals surface area contributed by atoms with Gasteiger partial charge in [-0.05, 0) is 25.0 Å². The number of carbonyl (C=O) groups is 1. The highest BCUT2D eigenvalue weighted by atomic mass is 35.7. The van der Waals surface area contributed by atoms with Crippen molar-refractivity contribution < 1.29 is 17.9 Å². The Morgan fingerprint density at radius 1 is 1.50 bits per heavy atom. The minimum Gasteiger partial charge on any atom is -0.468 e. The zero-order valence-electron chi connectivity index (χ0n) is 11.9. The number of methoxy groups -OCH3 is 1. The highest BCUT2D eigenvalue weighted by molar-refractivity contribution is 8.15. The molecule has 116 valence electrons. The molecule has 0 spiro atoms. The van der Waals surface area contributed by atoms with Crippen LogP contribution in [0.3, 0.4) is 0 Å². The van der Waals surface area contributed by atoms with Gasteiger partial charge in [-0.1, -0.05) is 20.3 Å². The first kappa shape index (κ1) is 19.4. The maximum absolute atomic E-state index is 10.8. The minimum absolute atomic E-state index is 0.201. The number of halogens is 1. The Balaban J connectivity index is 0.000000361. The molecule has 0 saturated heterocycles. The number of ether oxygens (including phenoxy) is 1. The number of hydrogen-bond acceptors (Lipinski definition) is 6. The Morgan fingerprint density at radius 2 is 2.05 bits per heavy atom. The first-order chi connectivity index (χ1) is 9.13. The Hall–Kier alpha value is -0.630. The van der Waals surface area contributed by atoms with Crippen molar-refractivity contribution in [1.29, 1.82) is 0 Å². The van der Waals surface area contributed by atoms with Crippen LogP contribution in [0, 0.1) is 12.8 Å². The number of hydrogen-bond donors (Lipinski definition) is 1. The van der Waals surface area contributed by atoms with Gasteiger partial charge in [-0.2, -0.15) is 0 Å². The molecule has 5 nitrogen and oxygen atoms in total. The second-order valence-corrected chi connectivity index (χ2v) is 8.32. The van der Waals surface area contributed by atoms with Crippen LogP contribution in [0.4, 0.5) is 0 Å². The summed E-state index contributed by atoms with van der Waals surface area (Å²) < 4.78 is 25.9. The Kier molecular flexibility index (Phi) is 8.34. The molecule has 0 fully saturated rings. The lowest BCUT2D eigenvalue weighted by Gasteiger charge is -2.14. The topological polar surface area (TPSA) is 86.5 Å². The lowest BCUT2D eigenvalue weighted by Crippen LogP contribution is -2.37. The molecule has 0 aliphatic rings. The predicted molar refractivity (Wildman–Crippen MR) is 81.5 cm³/mol. The van der Waals surface area contributed by atoms with Crippen LogP contribution in [0.25, 0.3) is 0 Å². The predicted octanol–water partition coefficient (Wildman–Crippen LogP) is 2.52. The van der Waals surface area contributed by atoms with Gasteiger partial charge in [-0.3, -0.25) is 4.79 Å². The molecule has 1 aromatic rings. The van der Waals surface area contributed by atoms with Crippen LogP contribution in [0.1, 0.15) is 25.1 Å². The van der Waals surface area contributed by atoms with Crippen molar-refractivity contribution in [1.82, 2.24) is 0 Å². The van der Waals surface area contributed by atoms with Crippen LogP contribution >= 0.6 is 22.0 Å². The van der Waals surface area contributed by atoms with E-state index < -0.39 is 15.1 Å². The fourth-order valence-electron chi connectivity index (χ4n) is 1.17. The van der Waals surface area contributed by atoms with Crippen molar-refractivity contribution >= 4 is 37.0 Å². The van der Waals surface area contributed by atoms with Crippen molar-refractivity contribution in [3.05, 3.63) is 17.0 Å². The number of thiophene rings is 1. The van der Waals surface area contributed by atoms with Crippen molar-refractivity contribution in [2.75, 3.05) is 7.11 Å². The summed E-state index contributed by atoms with van der Waals surface area (Å²) in [6.07, 6.45) is 0.899. The van der Waals surface area contributed by atoms with E-state index in [9.17, 15) is 13.2 Å². The molecule has 1 heterocycles. The van der Waals surface area contributed by atoms with Crippen molar-refractivity contribution in [3.63, 3.8) is 0 Å². The smallest absolute Gasteiger partial charge is 0.322 e. The molecule has 0 aliphatic carbocycles. The molecule has 8 heteroatoms. The third kappa shape index (κ3) is 6.69. The summed E-state index contributed by atoms with van der Waals surface area (Å²) in [4.78, 5) is 11.7. The van der Waals surface area contributed by atoms with Crippen LogP contribution in [0.15, 0.2) is 16.3 Å². The first-order valence-electron chi connectivity index (χ1n) is 5.98. The molecule has 0 amide bonds. The van der Waals surface area contributed by atoms with Crippen LogP contribution in [-0.2, 0) is 18.6 Å². The zero-order chi connectivity index (χ0) is 15.9. The van der Waals surface area contributed by atoms with Gasteiger partial charge in [0.2, 0.25) is 0 Å². The van der Waals surface area contributed by atoms with E-state index in [1.165, 1.54) is 24.5 Å². The molecule has 2 N–H and O–H groups in total. The number of nitrogens with two attached hydrogens (primary N) is 1. The zero-order valence-corrected chi connectivity index (χ0v) is 14.3. The summed E-state index contributed by atoms with van der Waals surface area (Å²) in [6.45, 7) is 5.76. The summed E-state index contributed by atoms with van der Waals surface area (Å²) >= 11 is 1.17. The Morgan fingerprint density at radius 3 is 2.30 bits per heavy atom. The Labute approximate surface area is 128 Å². The fourth-order valence-corrected chi connectivity index (χ4v) is 3.22. The van der Waals surface area contributed by atoms with E-state index in [4.69, 9.17) is 16.4 Å². The van der Waals surface area contributed by atoms with Crippen molar-refractivity contribution in [2.45, 2.75) is 37.4 Å². The second-order valence-electron chi connectivity index (χ2n) is 4.24. The Bertz CT molecular complexity index is 527. The summed E-state index contributed by atoms with van der Waals surface area (Å²) in [6, 6.07) is 2.76. The standard InChI is InChI=1S/C7H15NO2.C5H5ClO2S2/c1-4-5(2)6(8)7(9)10-3;1-4-2-3-5(9-4)10(6,7)8/h5-6H,4,8H2,1-3H3;2-3H,1H3. The largest absolute Gasteiger partial charge is 0.468 e. The molecule has 0 radical (unpaired) electrons. The molecular formula is C12H20ClNO4S2. The SMILES string of the molecule is CCC(C)C(N)C(=O)OC.Cc1ccc(S(=O)(=O)Cl)s1. The van der Waals surface area contributed by atoms with Gasteiger partial charge in [0.15, 0.2) is 0 Å². The molecule has 0 saturated carbocycles. The maximum atomic E-state index is 10.8. The highest BCUT2D eigenvalue weighted by Crippen LogP contribution is 2.23. The number of rotatable bonds is 4. The van der Waals surface area contributed by atoms with Crippen LogP contribution in [0.5, 0.6) is 0 Å². The van der Waals surface area contributed by atoms with Gasteiger partial charge < -0.3 is 10.5 Å². The number of aryl methyl sites for hydroxylation is 1. The molecule has 1 aromatic heterocycles. The molecule has 0 aliphatic heterocycles. The van der Waals surface area contributed by atoms with Gasteiger partial charge in [0.25, 0.3) is 9.05 Å². The van der Waals surface area contributed by atoms with Gasteiger partial charge in [0.1, 0.15) is 10.3 Å². The van der Waals surface area contributed by atoms with Gasteiger partial charge in [0.05, 0.1) is 7.11 Å². The van der Waals surface area contributed by atoms with E-state index in [-0.39, 0.29) is 16.1 Å². The average molecular weight is 342 g/mol. The van der Waals surface area contributed by atoms with E-state index in [1.807, 2.05) is 20.8 Å². The summed E-state index contributed by atoms with van der Waals surface area (Å²) in [5, 5.41) is 0. The molecule has 20 heavy (non-hydrogen) atoms. The van der Waals surface area contributed by atoms with E-state index in [0.29, 0.717) is 0 Å². The minimum atomic E-state index is -3.49. The lowest BCUT2D eigenvalue weighted by molar-refractivity contribution is -0.143. The normalized spacial score (nSPS) is 13.9. The molecule has 0 bridgehead atoms. The van der Waals surface area contributed by atoms with E-state index >= 15 is 0 Å². The fraction of sp³-hybridized carbons (Fsp3) is 0.583. The molecule has 0 aromatic carbocycles. The lowest BCUT2D eigenvalue weighted by atomic mass is 10.0. The van der Waals surface area contributed by atoms with Gasteiger partial charge >= 0.3 is 5.97 Å². The van der Waals surface area contributed by atoms with Crippen LogP contribution < -0.4 is 5.73 Å². The van der Waals surface area contributed by atoms with Crippen molar-refractivity contribution in [3.8, 4) is 0 Å². The molecule has 2 atom stereocenters. The van der Waals surface area contributed by atoms with E-state index in [1.54, 1.807) is 6.07 Å². The summed E-state index contributed by atoms with van der Waals surface area (Å²) in [5.74, 6) is -0.123. The average Bonchev–Trinajstić information content (AvgIpc) is 2.83. The number of esters is 1. The maximum Gasteiger partial charge on any atom is 0.322 e. The third-order valence-electron chi connectivity index (χ3n) is 2.69. The monoisotopic (exact) mass is 341 g/mol. The quantitative estimate of drug-likeness (QED) is 0.671. The second kappa shape index (κ2) is 8.61. The van der Waals surface area contributed by atoms with Gasteiger partial charge in [-0.25, -0.2) is 8.42 Å². The first-order valence-corrected chi connectivity index (χ1v) is 9.10. The van der Waals surface area contributed by atoms with Gasteiger partial charge in [0, 0.05) is 15.6 Å². The van der Waals surface area contributed by atoms with Gasteiger partial charge in [-0.15, -0.1) is 11.3 Å². The molecular weight excluding hydrogens is 322 g/mol. The van der Waals surface area contributed by atoms with E-state index in [2.05, 4.69) is 4.74 Å². The van der Waals surface area contributed by atoms with Crippen molar-refractivity contribution in [2.24, 2.45) is 11.7 Å². The molecule has 1 rings (SSSR count). The number of carbonyl (C=O) groups excluding carboxylic acids is 1. The summed E-state index contributed by atoms with van der Waals surface area (Å²) in [7, 11) is 2.92. The van der Waals surface area contributed by atoms with Crippen LogP contribution in [0.2, 0.25) is 0 Å². The summed E-state index contributed by atoms with van der Waals surface area (Å²) in [5.41, 5.74) is 5.51.